The van der Waals surface area contributed by atoms with Crippen LogP contribution in [0.5, 0.6) is 0 Å². The highest BCUT2D eigenvalue weighted by Crippen LogP contribution is 2.25. The lowest BCUT2D eigenvalue weighted by atomic mass is 10.1. The fourth-order valence-corrected chi connectivity index (χ4v) is 3.63. The van der Waals surface area contributed by atoms with Gasteiger partial charge in [0.05, 0.1) is 30.5 Å². The molecule has 11 nitrogen and oxygen atoms in total. The number of pyridine rings is 1. The zero-order valence-corrected chi connectivity index (χ0v) is 18.1. The molecule has 3 N–H and O–H groups in total. The number of carbonyl (C=O) groups is 2. The number of carbonyl (C=O) groups excluding carboxylic acids is 2. The van der Waals surface area contributed by atoms with Gasteiger partial charge in [0.25, 0.3) is 0 Å². The summed E-state index contributed by atoms with van der Waals surface area (Å²) in [6.45, 7) is 3.10. The van der Waals surface area contributed by atoms with Gasteiger partial charge in [0, 0.05) is 35.2 Å². The Morgan fingerprint density at radius 3 is 2.64 bits per heavy atom. The van der Waals surface area contributed by atoms with E-state index in [1.807, 2.05) is 19.9 Å². The van der Waals surface area contributed by atoms with Gasteiger partial charge in [-0.1, -0.05) is 0 Å². The highest BCUT2D eigenvalue weighted by Gasteiger charge is 2.22. The second-order valence-corrected chi connectivity index (χ2v) is 7.62. The van der Waals surface area contributed by atoms with Crippen molar-refractivity contribution in [1.29, 1.82) is 0 Å². The molecule has 1 amide bonds. The van der Waals surface area contributed by atoms with Crippen LogP contribution in [0.25, 0.3) is 11.0 Å². The molecule has 33 heavy (non-hydrogen) atoms. The second-order valence-electron chi connectivity index (χ2n) is 7.62. The van der Waals surface area contributed by atoms with Crippen LogP contribution in [-0.2, 0) is 11.3 Å². The van der Waals surface area contributed by atoms with Gasteiger partial charge < -0.3 is 20.1 Å². The van der Waals surface area contributed by atoms with E-state index in [0.717, 1.165) is 11.4 Å². The third-order valence-corrected chi connectivity index (χ3v) is 5.24. The van der Waals surface area contributed by atoms with Crippen LogP contribution in [0.15, 0.2) is 43.1 Å². The number of hydrogen-bond donors (Lipinski definition) is 3. The lowest BCUT2D eigenvalue weighted by Gasteiger charge is -2.13. The monoisotopic (exact) mass is 449 g/mol. The molecule has 0 unspecified atom stereocenters. The quantitative estimate of drug-likeness (QED) is 0.338. The minimum Gasteiger partial charge on any atom is -0.394 e. The number of fused-ring (bicyclic) bond motifs is 1. The Bertz CT molecular complexity index is 1320. The van der Waals surface area contributed by atoms with Gasteiger partial charge in [0.1, 0.15) is 24.3 Å². The van der Waals surface area contributed by atoms with Gasteiger partial charge in [-0.15, -0.1) is 0 Å². The molecule has 11 heteroatoms. The number of nitrogens with one attached hydrogen (secondary N) is 1. The highest BCUT2D eigenvalue weighted by atomic mass is 16.3. The van der Waals surface area contributed by atoms with Crippen molar-refractivity contribution >= 4 is 28.5 Å². The Morgan fingerprint density at radius 1 is 1.15 bits per heavy atom. The first-order valence-corrected chi connectivity index (χ1v) is 10.2. The van der Waals surface area contributed by atoms with Gasteiger partial charge in [0.2, 0.25) is 5.91 Å². The fraction of sp³-hybridized carbons (Fsp3) is 0.273. The largest absolute Gasteiger partial charge is 0.394 e. The molecule has 0 aromatic carbocycles. The Labute approximate surface area is 188 Å². The molecule has 4 heterocycles. The summed E-state index contributed by atoms with van der Waals surface area (Å²) >= 11 is 0. The molecule has 4 aromatic rings. The van der Waals surface area contributed by atoms with E-state index in [4.69, 9.17) is 0 Å². The maximum absolute atomic E-state index is 13.3. The first-order chi connectivity index (χ1) is 15.9. The molecule has 4 rings (SSSR count). The van der Waals surface area contributed by atoms with E-state index in [0.29, 0.717) is 22.2 Å². The van der Waals surface area contributed by atoms with E-state index in [-0.39, 0.29) is 37.3 Å². The van der Waals surface area contributed by atoms with Crippen LogP contribution in [0, 0.1) is 13.8 Å². The van der Waals surface area contributed by atoms with Gasteiger partial charge in [-0.05, 0) is 32.0 Å². The molecule has 0 bridgehead atoms. The number of aliphatic hydroxyl groups is 2. The summed E-state index contributed by atoms with van der Waals surface area (Å²) in [6, 6.07) is 4.26. The molecule has 170 valence electrons. The number of amides is 1. The van der Waals surface area contributed by atoms with Crippen molar-refractivity contribution in [1.82, 2.24) is 29.3 Å². The molecule has 0 saturated heterocycles. The summed E-state index contributed by atoms with van der Waals surface area (Å²) in [7, 11) is 0. The van der Waals surface area contributed by atoms with Gasteiger partial charge in [-0.25, -0.2) is 15.0 Å². The summed E-state index contributed by atoms with van der Waals surface area (Å²) < 4.78 is 3.15. The summed E-state index contributed by atoms with van der Waals surface area (Å²) in [5.74, 6) is -0.423. The number of aliphatic hydroxyl groups excluding tert-OH is 2. The number of aryl methyl sites for hydroxylation is 2. The van der Waals surface area contributed by atoms with Crippen LogP contribution in [0.1, 0.15) is 33.4 Å². The summed E-state index contributed by atoms with van der Waals surface area (Å²) in [5.41, 5.74) is 2.72. The van der Waals surface area contributed by atoms with E-state index >= 15 is 0 Å². The van der Waals surface area contributed by atoms with E-state index in [9.17, 15) is 19.8 Å². The normalized spacial score (nSPS) is 11.3. The van der Waals surface area contributed by atoms with Gasteiger partial charge in [-0.2, -0.15) is 5.10 Å². The third-order valence-electron chi connectivity index (χ3n) is 5.24. The minimum absolute atomic E-state index is 0.0219. The molecule has 0 aliphatic rings. The van der Waals surface area contributed by atoms with Crippen molar-refractivity contribution < 1.29 is 19.8 Å². The third kappa shape index (κ3) is 4.49. The Kier molecular flexibility index (Phi) is 6.24. The van der Waals surface area contributed by atoms with Crippen molar-refractivity contribution in [3.63, 3.8) is 0 Å². The minimum atomic E-state index is -0.648. The number of rotatable bonds is 8. The predicted octanol–water partition coefficient (Wildman–Crippen LogP) is 1.04. The van der Waals surface area contributed by atoms with Gasteiger partial charge >= 0.3 is 0 Å². The molecular weight excluding hydrogens is 426 g/mol. The molecule has 0 aliphatic heterocycles. The molecule has 0 spiro atoms. The maximum atomic E-state index is 13.3. The van der Waals surface area contributed by atoms with Crippen LogP contribution in [0.3, 0.4) is 0 Å². The average Bonchev–Trinajstić information content (AvgIpc) is 3.33. The predicted molar refractivity (Wildman–Crippen MR) is 119 cm³/mol. The average molecular weight is 449 g/mol. The van der Waals surface area contributed by atoms with Crippen LogP contribution in [0.4, 0.5) is 5.82 Å². The molecule has 0 saturated carbocycles. The highest BCUT2D eigenvalue weighted by molar-refractivity contribution is 6.16. The van der Waals surface area contributed by atoms with E-state index in [1.54, 1.807) is 21.5 Å². The van der Waals surface area contributed by atoms with Gasteiger partial charge in [-0.3, -0.25) is 14.3 Å². The van der Waals surface area contributed by atoms with Crippen LogP contribution in [0.2, 0.25) is 0 Å². The van der Waals surface area contributed by atoms with E-state index in [1.165, 1.54) is 24.8 Å². The summed E-state index contributed by atoms with van der Waals surface area (Å²) in [6.07, 6.45) is 5.82. The maximum Gasteiger partial charge on any atom is 0.247 e. The number of hydrogen-bond acceptors (Lipinski definition) is 8. The fourth-order valence-electron chi connectivity index (χ4n) is 3.63. The summed E-state index contributed by atoms with van der Waals surface area (Å²) in [4.78, 5) is 38.1. The first kappa shape index (κ1) is 22.2. The molecule has 0 fully saturated rings. The van der Waals surface area contributed by atoms with Crippen LogP contribution >= 0.6 is 0 Å². The van der Waals surface area contributed by atoms with Crippen molar-refractivity contribution in [2.45, 2.75) is 26.4 Å². The van der Waals surface area contributed by atoms with Gasteiger partial charge in [0.15, 0.2) is 5.78 Å². The van der Waals surface area contributed by atoms with Crippen molar-refractivity contribution in [3.8, 4) is 0 Å². The number of ketones is 1. The Morgan fingerprint density at radius 2 is 1.94 bits per heavy atom. The topological polar surface area (TPSA) is 148 Å². The lowest BCUT2D eigenvalue weighted by molar-refractivity contribution is -0.117. The Balaban J connectivity index is 1.60. The number of anilines is 1. The standard InChI is InChI=1S/C22H23N7O4/c1-13-5-14(2)29(27-13)9-20(32)26-19-6-15(3-4-24-19)21(33)18-8-28(16(10-30)11-31)22-17(18)7-23-12-25-22/h3-8,12,16,30-31H,9-11H2,1-2H3,(H,24,26,32). The lowest BCUT2D eigenvalue weighted by Crippen LogP contribution is -2.21. The SMILES string of the molecule is Cc1cc(C)n(CC(=O)Nc2cc(C(=O)c3cn(C(CO)CO)c4ncncc34)ccn2)n1. The molecule has 0 atom stereocenters. The Hall–Kier alpha value is -3.96. The van der Waals surface area contributed by atoms with Crippen molar-refractivity contribution in [3.05, 3.63) is 65.6 Å². The smallest absolute Gasteiger partial charge is 0.247 e. The zero-order valence-electron chi connectivity index (χ0n) is 18.1. The number of nitrogens with zero attached hydrogens (tertiary/aromatic N) is 6. The van der Waals surface area contributed by atoms with Crippen molar-refractivity contribution in [2.24, 2.45) is 0 Å². The first-order valence-electron chi connectivity index (χ1n) is 10.2. The molecule has 0 radical (unpaired) electrons. The molecule has 4 aromatic heterocycles. The summed E-state index contributed by atoms with van der Waals surface area (Å²) in [5, 5.41) is 26.6. The van der Waals surface area contributed by atoms with Crippen LogP contribution < -0.4 is 5.32 Å². The molecular formula is C22H23N7O4. The van der Waals surface area contributed by atoms with Crippen LogP contribution in [-0.4, -0.2) is 64.4 Å². The number of aromatic nitrogens is 6. The zero-order chi connectivity index (χ0) is 23.5. The van der Waals surface area contributed by atoms with E-state index in [2.05, 4.69) is 25.4 Å². The second kappa shape index (κ2) is 9.27. The van der Waals surface area contributed by atoms with E-state index < -0.39 is 6.04 Å². The molecule has 0 aliphatic carbocycles. The van der Waals surface area contributed by atoms with Crippen molar-refractivity contribution in [2.75, 3.05) is 18.5 Å².